The third-order valence-electron chi connectivity index (χ3n) is 5.29. The number of rotatable bonds is 4. The summed E-state index contributed by atoms with van der Waals surface area (Å²) in [5, 5.41) is 12.5. The van der Waals surface area contributed by atoms with Crippen LogP contribution in [0.25, 0.3) is 10.9 Å². The number of halogens is 3. The van der Waals surface area contributed by atoms with E-state index in [1.54, 1.807) is 24.5 Å². The summed E-state index contributed by atoms with van der Waals surface area (Å²) in [6, 6.07) is 6.33. The Kier molecular flexibility index (Phi) is 4.43. The molecular formula is C19H15BrF2N6S. The molecule has 5 rings (SSSR count). The molecule has 2 aliphatic rings. The van der Waals surface area contributed by atoms with Gasteiger partial charge in [0.15, 0.2) is 11.0 Å². The molecular weight excluding hydrogens is 462 g/mol. The topological polar surface area (TPSA) is 89.1 Å². The van der Waals surface area contributed by atoms with Crippen molar-refractivity contribution in [2.24, 2.45) is 16.6 Å². The molecule has 29 heavy (non-hydrogen) atoms. The van der Waals surface area contributed by atoms with Crippen molar-refractivity contribution in [3.8, 4) is 0 Å². The van der Waals surface area contributed by atoms with Crippen molar-refractivity contribution in [2.45, 2.75) is 17.2 Å². The molecule has 0 saturated heterocycles. The van der Waals surface area contributed by atoms with E-state index in [0.29, 0.717) is 22.2 Å². The fourth-order valence-electron chi connectivity index (χ4n) is 3.83. The molecule has 1 aromatic carbocycles. The zero-order chi connectivity index (χ0) is 20.2. The number of thioether (sulfide) groups is 1. The first-order chi connectivity index (χ1) is 14.0. The molecule has 1 aliphatic heterocycles. The minimum absolute atomic E-state index is 0.0640. The molecule has 3 heterocycles. The maximum absolute atomic E-state index is 14.8. The standard InChI is InChI=1S/C19H15BrF2N6S/c20-10-3-9-6-25-28-17(16(9)24-7-10)26-11-1-2-14(22)12(4-11)19(8-21)13-5-15(13)29-18(23)27-19/h1-4,6-7,13,15H,5,8H2,(H2,23,27)(H,26,28)/t13?,15-,19+/m0/s1. The van der Waals surface area contributed by atoms with Crippen molar-refractivity contribution in [3.05, 3.63) is 52.5 Å². The second-order valence-electron chi connectivity index (χ2n) is 7.11. The summed E-state index contributed by atoms with van der Waals surface area (Å²) in [6.07, 6.45) is 4.04. The van der Waals surface area contributed by atoms with Crippen LogP contribution in [-0.2, 0) is 5.54 Å². The molecule has 3 atom stereocenters. The van der Waals surface area contributed by atoms with Gasteiger partial charge in [0.25, 0.3) is 0 Å². The normalized spacial score (nSPS) is 25.4. The highest BCUT2D eigenvalue weighted by Gasteiger charge is 2.58. The molecule has 0 amide bonds. The van der Waals surface area contributed by atoms with E-state index in [1.807, 2.05) is 6.07 Å². The molecule has 10 heteroatoms. The number of hydrogen-bond donors (Lipinski definition) is 2. The molecule has 1 aliphatic carbocycles. The minimum Gasteiger partial charge on any atom is -0.379 e. The van der Waals surface area contributed by atoms with Gasteiger partial charge in [-0.3, -0.25) is 4.98 Å². The Labute approximate surface area is 177 Å². The van der Waals surface area contributed by atoms with Crippen LogP contribution in [-0.4, -0.2) is 32.3 Å². The van der Waals surface area contributed by atoms with Crippen molar-refractivity contribution in [2.75, 3.05) is 12.0 Å². The monoisotopic (exact) mass is 476 g/mol. The number of pyridine rings is 1. The first-order valence-electron chi connectivity index (χ1n) is 8.92. The lowest BCUT2D eigenvalue weighted by Gasteiger charge is -2.31. The van der Waals surface area contributed by atoms with Gasteiger partial charge in [0.1, 0.15) is 23.5 Å². The zero-order valence-corrected chi connectivity index (χ0v) is 17.3. The van der Waals surface area contributed by atoms with Gasteiger partial charge in [-0.25, -0.2) is 13.8 Å². The van der Waals surface area contributed by atoms with E-state index < -0.39 is 18.0 Å². The Bertz CT molecular complexity index is 1160. The largest absolute Gasteiger partial charge is 0.379 e. The van der Waals surface area contributed by atoms with E-state index in [2.05, 4.69) is 41.4 Å². The van der Waals surface area contributed by atoms with Gasteiger partial charge in [0.05, 0.1) is 6.20 Å². The van der Waals surface area contributed by atoms with E-state index in [1.165, 1.54) is 17.8 Å². The summed E-state index contributed by atoms with van der Waals surface area (Å²) in [4.78, 5) is 8.74. The van der Waals surface area contributed by atoms with Gasteiger partial charge >= 0.3 is 0 Å². The summed E-state index contributed by atoms with van der Waals surface area (Å²) in [6.45, 7) is -0.806. The van der Waals surface area contributed by atoms with Crippen LogP contribution >= 0.6 is 27.7 Å². The SMILES string of the molecule is NC1=N[C@](CF)(c2cc(Nc3nncc4cc(Br)cnc34)ccc2F)C2C[C@@H]2S1. The molecule has 1 saturated carbocycles. The number of hydrogen-bond acceptors (Lipinski definition) is 7. The van der Waals surface area contributed by atoms with Gasteiger partial charge < -0.3 is 11.1 Å². The molecule has 3 aromatic rings. The molecule has 6 nitrogen and oxygen atoms in total. The third kappa shape index (κ3) is 3.14. The van der Waals surface area contributed by atoms with Gasteiger partial charge in [-0.15, -0.1) is 5.10 Å². The van der Waals surface area contributed by atoms with E-state index in [0.717, 1.165) is 16.3 Å². The average Bonchev–Trinajstić information content (AvgIpc) is 3.48. The van der Waals surface area contributed by atoms with E-state index in [9.17, 15) is 8.78 Å². The van der Waals surface area contributed by atoms with E-state index in [4.69, 9.17) is 5.73 Å². The third-order valence-corrected chi connectivity index (χ3v) is 6.88. The number of aliphatic imine (C=N–C) groups is 1. The number of benzene rings is 1. The number of amidine groups is 1. The Morgan fingerprint density at radius 1 is 1.31 bits per heavy atom. The second-order valence-corrected chi connectivity index (χ2v) is 9.29. The van der Waals surface area contributed by atoms with Crippen LogP contribution in [0.3, 0.4) is 0 Å². The molecule has 2 aromatic heterocycles. The Morgan fingerprint density at radius 2 is 2.17 bits per heavy atom. The zero-order valence-electron chi connectivity index (χ0n) is 14.9. The number of anilines is 2. The number of nitrogens with two attached hydrogens (primary N) is 1. The second kappa shape index (κ2) is 6.88. The lowest BCUT2D eigenvalue weighted by Crippen LogP contribution is -2.36. The van der Waals surface area contributed by atoms with Crippen LogP contribution in [0.4, 0.5) is 20.3 Å². The fraction of sp³-hybridized carbons (Fsp3) is 0.263. The summed E-state index contributed by atoms with van der Waals surface area (Å²) in [5.74, 6) is -0.146. The van der Waals surface area contributed by atoms with Gasteiger partial charge in [0, 0.05) is 38.5 Å². The van der Waals surface area contributed by atoms with E-state index >= 15 is 0 Å². The van der Waals surface area contributed by atoms with Gasteiger partial charge in [-0.1, -0.05) is 11.8 Å². The van der Waals surface area contributed by atoms with Crippen molar-refractivity contribution < 1.29 is 8.78 Å². The maximum atomic E-state index is 14.8. The molecule has 1 fully saturated rings. The van der Waals surface area contributed by atoms with Crippen molar-refractivity contribution >= 4 is 55.3 Å². The average molecular weight is 477 g/mol. The maximum Gasteiger partial charge on any atom is 0.179 e. The summed E-state index contributed by atoms with van der Waals surface area (Å²) >= 11 is 4.82. The smallest absolute Gasteiger partial charge is 0.179 e. The predicted molar refractivity (Wildman–Crippen MR) is 113 cm³/mol. The van der Waals surface area contributed by atoms with Crippen LogP contribution in [0.1, 0.15) is 12.0 Å². The van der Waals surface area contributed by atoms with Crippen LogP contribution in [0, 0.1) is 11.7 Å². The van der Waals surface area contributed by atoms with Crippen LogP contribution in [0.2, 0.25) is 0 Å². The minimum atomic E-state index is -1.28. The van der Waals surface area contributed by atoms with Gasteiger partial charge in [-0.05, 0) is 46.6 Å². The number of aromatic nitrogens is 3. The first-order valence-corrected chi connectivity index (χ1v) is 10.6. The Hall–Kier alpha value is -2.33. The van der Waals surface area contributed by atoms with Crippen LogP contribution < -0.4 is 11.1 Å². The van der Waals surface area contributed by atoms with Crippen molar-refractivity contribution in [1.29, 1.82) is 0 Å². The predicted octanol–water partition coefficient (Wildman–Crippen LogP) is 4.28. The molecule has 0 spiro atoms. The molecule has 0 bridgehead atoms. The Balaban J connectivity index is 1.57. The van der Waals surface area contributed by atoms with E-state index in [-0.39, 0.29) is 16.7 Å². The van der Waals surface area contributed by atoms with Crippen LogP contribution in [0.5, 0.6) is 0 Å². The summed E-state index contributed by atoms with van der Waals surface area (Å²) in [5.41, 5.74) is 5.99. The van der Waals surface area contributed by atoms with Gasteiger partial charge in [0.2, 0.25) is 0 Å². The fourth-order valence-corrected chi connectivity index (χ4v) is 5.40. The molecule has 0 radical (unpaired) electrons. The lowest BCUT2D eigenvalue weighted by molar-refractivity contribution is 0.272. The van der Waals surface area contributed by atoms with Gasteiger partial charge in [-0.2, -0.15) is 5.10 Å². The van der Waals surface area contributed by atoms with Crippen molar-refractivity contribution in [1.82, 2.24) is 15.2 Å². The molecule has 148 valence electrons. The molecule has 1 unspecified atom stereocenters. The summed E-state index contributed by atoms with van der Waals surface area (Å²) < 4.78 is 29.9. The van der Waals surface area contributed by atoms with Crippen LogP contribution in [0.15, 0.2) is 46.1 Å². The first kappa shape index (κ1) is 18.7. The molecule has 3 N–H and O–H groups in total. The highest BCUT2D eigenvalue weighted by molar-refractivity contribution is 9.10. The number of fused-ring (bicyclic) bond motifs is 2. The highest BCUT2D eigenvalue weighted by Crippen LogP contribution is 2.58. The lowest BCUT2D eigenvalue weighted by atomic mass is 9.86. The summed E-state index contributed by atoms with van der Waals surface area (Å²) in [7, 11) is 0. The number of nitrogens with zero attached hydrogens (tertiary/aromatic N) is 4. The number of alkyl halides is 1. The highest BCUT2D eigenvalue weighted by atomic mass is 79.9. The quantitative estimate of drug-likeness (QED) is 0.583. The van der Waals surface area contributed by atoms with Crippen molar-refractivity contribution in [3.63, 3.8) is 0 Å². The number of nitrogens with one attached hydrogen (secondary N) is 1. The Morgan fingerprint density at radius 3 is 3.00 bits per heavy atom.